The zero-order valence-electron chi connectivity index (χ0n) is 26.6. The number of nitrogens with two attached hydrogens (primary N) is 1. The first-order valence-corrected chi connectivity index (χ1v) is 17.1. The van der Waals surface area contributed by atoms with Crippen molar-refractivity contribution in [2.75, 3.05) is 18.6 Å². The third-order valence-corrected chi connectivity index (χ3v) is 13.6. The molecule has 226 valence electrons. The highest BCUT2D eigenvalue weighted by molar-refractivity contribution is 6.99. The predicted octanol–water partition coefficient (Wildman–Crippen LogP) is 4.88. The molecule has 4 atom stereocenters. The highest BCUT2D eigenvalue weighted by Gasteiger charge is 2.50. The lowest BCUT2D eigenvalue weighted by Gasteiger charge is -2.44. The molecule has 4 rings (SSSR count). The number of hydrogen-bond donors (Lipinski definition) is 2. The molecule has 0 fully saturated rings. The molecule has 0 bridgehead atoms. The molecule has 0 spiro atoms. The third kappa shape index (κ3) is 6.58. The Morgan fingerprint density at radius 3 is 2.02 bits per heavy atom. The smallest absolute Gasteiger partial charge is 0.261 e. The number of hydrogen-bond acceptors (Lipinski definition) is 5. The minimum absolute atomic E-state index is 0.0180. The topological polar surface area (TPSA) is 76.8 Å². The second kappa shape index (κ2) is 13.0. The van der Waals surface area contributed by atoms with Crippen LogP contribution < -0.4 is 31.1 Å². The fourth-order valence-corrected chi connectivity index (χ4v) is 10.8. The maximum atomic E-state index is 13.8. The number of carbonyl (C=O) groups excluding carboxylic acids is 1. The van der Waals surface area contributed by atoms with E-state index in [-0.39, 0.29) is 41.1 Å². The van der Waals surface area contributed by atoms with Crippen molar-refractivity contribution < 1.29 is 14.0 Å². The van der Waals surface area contributed by atoms with E-state index in [1.165, 1.54) is 10.4 Å². The molecule has 1 aliphatic heterocycles. The molecule has 3 aromatic rings. The van der Waals surface area contributed by atoms with Gasteiger partial charge in [-0.15, -0.1) is 0 Å². The first kappa shape index (κ1) is 31.8. The Labute approximate surface area is 253 Å². The Hall–Kier alpha value is -3.13. The Balaban J connectivity index is 1.74. The van der Waals surface area contributed by atoms with E-state index in [2.05, 4.69) is 118 Å². The van der Waals surface area contributed by atoms with Gasteiger partial charge in [0.1, 0.15) is 17.9 Å². The molecule has 0 radical (unpaired) electrons. The van der Waals surface area contributed by atoms with E-state index < -0.39 is 8.32 Å². The molecule has 3 N–H and O–H groups in total. The molecule has 3 aromatic carbocycles. The summed E-state index contributed by atoms with van der Waals surface area (Å²) in [7, 11) is -0.759. The Bertz CT molecular complexity index is 1280. The number of anilines is 1. The average molecular weight is 588 g/mol. The molecule has 2 unspecified atom stereocenters. The highest BCUT2D eigenvalue weighted by atomic mass is 28.4. The van der Waals surface area contributed by atoms with Gasteiger partial charge < -0.3 is 25.1 Å². The predicted molar refractivity (Wildman–Crippen MR) is 176 cm³/mol. The van der Waals surface area contributed by atoms with Gasteiger partial charge in [-0.3, -0.25) is 4.79 Å². The molecule has 7 heteroatoms. The number of nitrogens with one attached hydrogen (secondary N) is 1. The summed E-state index contributed by atoms with van der Waals surface area (Å²) in [6.45, 7) is 15.3. The van der Waals surface area contributed by atoms with Crippen molar-refractivity contribution in [3.8, 4) is 5.75 Å². The van der Waals surface area contributed by atoms with Gasteiger partial charge in [0.05, 0.1) is 12.6 Å². The summed E-state index contributed by atoms with van der Waals surface area (Å²) in [5.41, 5.74) is 8.24. The van der Waals surface area contributed by atoms with E-state index in [9.17, 15) is 4.79 Å². The summed E-state index contributed by atoms with van der Waals surface area (Å²) in [5.74, 6) is 0.880. The maximum Gasteiger partial charge on any atom is 0.261 e. The van der Waals surface area contributed by atoms with Crippen LogP contribution in [0.3, 0.4) is 0 Å². The van der Waals surface area contributed by atoms with E-state index in [4.69, 9.17) is 14.9 Å². The fourth-order valence-electron chi connectivity index (χ4n) is 6.21. The highest BCUT2D eigenvalue weighted by Crippen LogP contribution is 2.37. The van der Waals surface area contributed by atoms with E-state index in [0.29, 0.717) is 13.0 Å². The van der Waals surface area contributed by atoms with Crippen LogP contribution in [-0.4, -0.2) is 52.1 Å². The monoisotopic (exact) mass is 587 g/mol. The molecule has 1 amide bonds. The van der Waals surface area contributed by atoms with Gasteiger partial charge in [-0.05, 0) is 53.2 Å². The summed E-state index contributed by atoms with van der Waals surface area (Å²) in [6, 6.07) is 26.9. The van der Waals surface area contributed by atoms with Crippen molar-refractivity contribution in [2.45, 2.75) is 84.2 Å². The lowest BCUT2D eigenvalue weighted by molar-refractivity contribution is -0.124. The molecule has 42 heavy (non-hydrogen) atoms. The van der Waals surface area contributed by atoms with Gasteiger partial charge in [-0.2, -0.15) is 0 Å². The van der Waals surface area contributed by atoms with Gasteiger partial charge in [0, 0.05) is 24.8 Å². The van der Waals surface area contributed by atoms with E-state index in [1.807, 2.05) is 27.0 Å². The van der Waals surface area contributed by atoms with Crippen molar-refractivity contribution in [2.24, 2.45) is 11.7 Å². The van der Waals surface area contributed by atoms with Crippen LogP contribution in [-0.2, 0) is 15.6 Å². The number of amides is 1. The van der Waals surface area contributed by atoms with E-state index in [1.54, 1.807) is 0 Å². The lowest BCUT2D eigenvalue weighted by Crippen LogP contribution is -2.67. The number of nitrogens with zero attached hydrogens (tertiary/aromatic N) is 1. The zero-order valence-corrected chi connectivity index (χ0v) is 27.6. The van der Waals surface area contributed by atoms with Gasteiger partial charge in [0.15, 0.2) is 0 Å². The first-order chi connectivity index (χ1) is 19.8. The van der Waals surface area contributed by atoms with Crippen molar-refractivity contribution in [1.82, 2.24) is 5.32 Å². The molecular weight excluding hydrogens is 538 g/mol. The molecule has 6 nitrogen and oxygen atoms in total. The number of ether oxygens (including phenoxy) is 1. The molecular formula is C35H49N3O3Si. The van der Waals surface area contributed by atoms with Crippen LogP contribution in [0.25, 0.3) is 0 Å². The van der Waals surface area contributed by atoms with Crippen molar-refractivity contribution >= 4 is 30.3 Å². The second-order valence-corrected chi connectivity index (χ2v) is 17.5. The van der Waals surface area contributed by atoms with Gasteiger partial charge >= 0.3 is 0 Å². The minimum atomic E-state index is -2.76. The maximum absolute atomic E-state index is 13.8. The molecule has 0 aromatic heterocycles. The van der Waals surface area contributed by atoms with Gasteiger partial charge in [-0.25, -0.2) is 0 Å². The molecule has 1 aliphatic rings. The summed E-state index contributed by atoms with van der Waals surface area (Å²) in [4.78, 5) is 15.9. The van der Waals surface area contributed by atoms with Crippen LogP contribution >= 0.6 is 0 Å². The summed E-state index contributed by atoms with van der Waals surface area (Å²) in [6.07, 6.45) is 0.524. The van der Waals surface area contributed by atoms with Crippen molar-refractivity contribution in [3.63, 3.8) is 0 Å². The Kier molecular flexibility index (Phi) is 9.86. The summed E-state index contributed by atoms with van der Waals surface area (Å²) >= 11 is 0. The van der Waals surface area contributed by atoms with E-state index >= 15 is 0 Å². The standard InChI is InChI=1S/C35H49N3O3Si/c1-24(2)33-34(39)37-28(21-27-19-20-29(22-32(27)38(33)8)41-26(4)25(3)36)23-40-42(35(5,6)7,30-15-11-9-12-16-30)31-17-13-10-14-18-31/h9-20,22,24-26,28,33H,21,23,36H2,1-8H3,(H,37,39)/t25?,26?,28-,33-/m0/s1. The number of likely N-dealkylation sites (N-methyl/N-ethyl adjacent to an activating group) is 1. The zero-order chi connectivity index (χ0) is 30.7. The minimum Gasteiger partial charge on any atom is -0.489 e. The molecule has 0 saturated heterocycles. The normalized spacial score (nSPS) is 19.4. The van der Waals surface area contributed by atoms with Crippen molar-refractivity contribution in [1.29, 1.82) is 0 Å². The first-order valence-electron chi connectivity index (χ1n) is 15.2. The van der Waals surface area contributed by atoms with Crippen LogP contribution in [0, 0.1) is 5.92 Å². The summed E-state index contributed by atoms with van der Waals surface area (Å²) in [5, 5.41) is 5.69. The van der Waals surface area contributed by atoms with Crippen LogP contribution in [0.5, 0.6) is 5.75 Å². The van der Waals surface area contributed by atoms with Gasteiger partial charge in [0.2, 0.25) is 5.91 Å². The second-order valence-electron chi connectivity index (χ2n) is 13.2. The average Bonchev–Trinajstić information content (AvgIpc) is 2.93. The van der Waals surface area contributed by atoms with Crippen LogP contribution in [0.1, 0.15) is 54.0 Å². The number of benzene rings is 3. The fraction of sp³-hybridized carbons (Fsp3) is 0.457. The van der Waals surface area contributed by atoms with Gasteiger partial charge in [-0.1, -0.05) is 101 Å². The quantitative estimate of drug-likeness (QED) is 0.349. The summed E-state index contributed by atoms with van der Waals surface area (Å²) < 4.78 is 13.4. The van der Waals surface area contributed by atoms with E-state index in [0.717, 1.165) is 17.0 Å². The van der Waals surface area contributed by atoms with Crippen LogP contribution in [0.4, 0.5) is 5.69 Å². The van der Waals surface area contributed by atoms with Crippen molar-refractivity contribution in [3.05, 3.63) is 84.4 Å². The van der Waals surface area contributed by atoms with Crippen LogP contribution in [0.15, 0.2) is 78.9 Å². The third-order valence-electron chi connectivity index (χ3n) is 8.55. The number of rotatable bonds is 9. The van der Waals surface area contributed by atoms with Gasteiger partial charge in [0.25, 0.3) is 8.32 Å². The molecule has 1 heterocycles. The Morgan fingerprint density at radius 2 is 1.52 bits per heavy atom. The Morgan fingerprint density at radius 1 is 0.952 bits per heavy atom. The number of carbonyl (C=O) groups is 1. The largest absolute Gasteiger partial charge is 0.489 e. The molecule has 0 aliphatic carbocycles. The molecule has 0 saturated carbocycles. The SMILES string of the molecule is CC(N)C(C)Oc1ccc2c(c1)N(C)[C@@H](C(C)C)C(=O)N[C@H](CO[Si](c1ccccc1)(c1ccccc1)C(C)(C)C)C2. The number of fused-ring (bicyclic) bond motifs is 1. The van der Waals surface area contributed by atoms with Crippen LogP contribution in [0.2, 0.25) is 5.04 Å². The lowest BCUT2D eigenvalue weighted by atomic mass is 9.95.